The summed E-state index contributed by atoms with van der Waals surface area (Å²) in [6.07, 6.45) is -1.31. The van der Waals surface area contributed by atoms with Gasteiger partial charge in [-0.25, -0.2) is 9.78 Å². The van der Waals surface area contributed by atoms with Crippen molar-refractivity contribution in [2.45, 2.75) is 38.8 Å². The summed E-state index contributed by atoms with van der Waals surface area (Å²) >= 11 is 0. The Morgan fingerprint density at radius 1 is 1.26 bits per heavy atom. The molecule has 3 rings (SSSR count). The summed E-state index contributed by atoms with van der Waals surface area (Å²) in [5.41, 5.74) is 0.237. The number of aryl methyl sites for hydroxylation is 2. The third kappa shape index (κ3) is 2.71. The number of carboxylic acids is 1. The first kappa shape index (κ1) is 15.6. The van der Waals surface area contributed by atoms with Crippen LogP contribution in [0.2, 0.25) is 0 Å². The third-order valence-electron chi connectivity index (χ3n) is 4.09. The molecule has 0 spiro atoms. The average molecular weight is 324 g/mol. The minimum atomic E-state index is -4.64. The van der Waals surface area contributed by atoms with E-state index in [-0.39, 0.29) is 11.3 Å². The number of carbonyl (C=O) groups is 1. The lowest BCUT2D eigenvalue weighted by molar-refractivity contribution is -0.137. The predicted molar refractivity (Wildman–Crippen MR) is 76.9 cm³/mol. The molecular weight excluding hydrogens is 309 g/mol. The fourth-order valence-electron chi connectivity index (χ4n) is 3.09. The number of aromatic nitrogens is 2. The zero-order valence-corrected chi connectivity index (χ0v) is 12.4. The van der Waals surface area contributed by atoms with Gasteiger partial charge in [0.25, 0.3) is 0 Å². The summed E-state index contributed by atoms with van der Waals surface area (Å²) in [4.78, 5) is 15.4. The Hall–Kier alpha value is -2.31. The molecule has 2 aromatic rings. The second kappa shape index (κ2) is 5.40. The minimum absolute atomic E-state index is 0.0596. The lowest BCUT2D eigenvalue weighted by Gasteiger charge is -2.19. The van der Waals surface area contributed by atoms with E-state index in [4.69, 9.17) is 5.11 Å². The van der Waals surface area contributed by atoms with Crippen LogP contribution in [-0.4, -0.2) is 20.6 Å². The molecule has 122 valence electrons. The number of nitrogens with zero attached hydrogens (tertiary/aromatic N) is 2. The lowest BCUT2D eigenvalue weighted by Crippen LogP contribution is -2.15. The molecule has 0 saturated heterocycles. The van der Waals surface area contributed by atoms with Gasteiger partial charge >= 0.3 is 12.1 Å². The molecule has 0 radical (unpaired) electrons. The van der Waals surface area contributed by atoms with Crippen LogP contribution < -0.4 is 0 Å². The Balaban J connectivity index is 2.24. The number of aromatic carboxylic acids is 1. The van der Waals surface area contributed by atoms with E-state index in [1.165, 1.54) is 16.7 Å². The number of carboxylic acid groups (broad SMARTS) is 1. The number of benzene rings is 1. The van der Waals surface area contributed by atoms with E-state index in [1.54, 1.807) is 6.92 Å². The number of fused-ring (bicyclic) bond motifs is 1. The normalized spacial score (nSPS) is 14.6. The van der Waals surface area contributed by atoms with Gasteiger partial charge < -0.3 is 9.67 Å². The zero-order valence-electron chi connectivity index (χ0n) is 12.4. The second-order valence-corrected chi connectivity index (χ2v) is 5.63. The van der Waals surface area contributed by atoms with Gasteiger partial charge in [-0.3, -0.25) is 0 Å². The van der Waals surface area contributed by atoms with Crippen molar-refractivity contribution in [1.29, 1.82) is 0 Å². The number of hydrogen-bond donors (Lipinski definition) is 1. The summed E-state index contributed by atoms with van der Waals surface area (Å²) in [6.45, 7) is 1.67. The Labute approximate surface area is 130 Å². The fourth-order valence-corrected chi connectivity index (χ4v) is 3.09. The summed E-state index contributed by atoms with van der Waals surface area (Å²) in [5, 5.41) is 8.96. The monoisotopic (exact) mass is 324 g/mol. The molecule has 0 unspecified atom stereocenters. The number of rotatable bonds is 2. The fraction of sp³-hybridized carbons (Fsp3) is 0.375. The number of halogens is 3. The van der Waals surface area contributed by atoms with E-state index in [0.717, 1.165) is 30.7 Å². The van der Waals surface area contributed by atoms with Crippen LogP contribution in [0.1, 0.15) is 46.0 Å². The number of imidazole rings is 1. The highest BCUT2D eigenvalue weighted by atomic mass is 19.4. The average Bonchev–Trinajstić information content (AvgIpc) is 2.81. The second-order valence-electron chi connectivity index (χ2n) is 5.63. The molecule has 0 atom stereocenters. The molecule has 1 aliphatic carbocycles. The molecule has 1 aromatic carbocycles. The molecule has 0 saturated carbocycles. The first-order valence-electron chi connectivity index (χ1n) is 7.31. The molecule has 0 amide bonds. The summed E-state index contributed by atoms with van der Waals surface area (Å²) in [5.74, 6) is -0.892. The Kier molecular flexibility index (Phi) is 3.66. The van der Waals surface area contributed by atoms with E-state index in [2.05, 4.69) is 4.98 Å². The van der Waals surface area contributed by atoms with Gasteiger partial charge in [0, 0.05) is 5.69 Å². The van der Waals surface area contributed by atoms with Crippen LogP contribution in [-0.2, 0) is 19.0 Å². The molecule has 7 heteroatoms. The molecule has 1 N–H and O–H groups in total. The van der Waals surface area contributed by atoms with Crippen LogP contribution in [0, 0.1) is 6.92 Å². The molecular formula is C16H15F3N2O2. The van der Waals surface area contributed by atoms with E-state index < -0.39 is 17.7 Å². The van der Waals surface area contributed by atoms with E-state index in [0.29, 0.717) is 18.3 Å². The van der Waals surface area contributed by atoms with Gasteiger partial charge in [-0.15, -0.1) is 0 Å². The highest BCUT2D eigenvalue weighted by Gasteiger charge is 2.36. The van der Waals surface area contributed by atoms with Crippen molar-refractivity contribution < 1.29 is 23.1 Å². The van der Waals surface area contributed by atoms with Gasteiger partial charge in [0.05, 0.1) is 22.5 Å². The number of hydrogen-bond acceptors (Lipinski definition) is 2. The van der Waals surface area contributed by atoms with Gasteiger partial charge in [0.1, 0.15) is 5.82 Å². The van der Waals surface area contributed by atoms with Crippen LogP contribution in [0.5, 0.6) is 0 Å². The van der Waals surface area contributed by atoms with Gasteiger partial charge in [-0.1, -0.05) is 0 Å². The maximum Gasteiger partial charge on any atom is 0.418 e. The topological polar surface area (TPSA) is 55.1 Å². The molecule has 23 heavy (non-hydrogen) atoms. The predicted octanol–water partition coefficient (Wildman–Crippen LogP) is 3.78. The highest BCUT2D eigenvalue weighted by Crippen LogP contribution is 2.37. The lowest BCUT2D eigenvalue weighted by atomic mass is 10.0. The summed E-state index contributed by atoms with van der Waals surface area (Å²) < 4.78 is 41.8. The first-order chi connectivity index (χ1) is 10.8. The van der Waals surface area contributed by atoms with Crippen molar-refractivity contribution in [3.05, 3.63) is 46.5 Å². The first-order valence-corrected chi connectivity index (χ1v) is 7.31. The molecule has 0 aliphatic heterocycles. The van der Waals surface area contributed by atoms with Crippen molar-refractivity contribution in [3.8, 4) is 5.69 Å². The van der Waals surface area contributed by atoms with Crippen LogP contribution in [0.3, 0.4) is 0 Å². The smallest absolute Gasteiger partial charge is 0.418 e. The maximum absolute atomic E-state index is 13.4. The van der Waals surface area contributed by atoms with E-state index in [1.807, 2.05) is 0 Å². The Bertz CT molecular complexity index is 778. The quantitative estimate of drug-likeness (QED) is 0.915. The molecule has 0 bridgehead atoms. The largest absolute Gasteiger partial charge is 0.478 e. The molecule has 1 heterocycles. The highest BCUT2D eigenvalue weighted by molar-refractivity contribution is 5.88. The van der Waals surface area contributed by atoms with Crippen LogP contribution >= 0.6 is 0 Å². The van der Waals surface area contributed by atoms with Crippen LogP contribution in [0.4, 0.5) is 13.2 Å². The Morgan fingerprint density at radius 3 is 2.61 bits per heavy atom. The van der Waals surface area contributed by atoms with Crippen molar-refractivity contribution in [2.75, 3.05) is 0 Å². The van der Waals surface area contributed by atoms with Crippen molar-refractivity contribution in [3.63, 3.8) is 0 Å². The summed E-state index contributed by atoms with van der Waals surface area (Å²) in [6, 6.07) is 3.10. The molecule has 4 nitrogen and oxygen atoms in total. The SMILES string of the molecule is Cc1nc2c(n1-c1ccc(C(=O)O)cc1C(F)(F)F)CCCC2. The van der Waals surface area contributed by atoms with E-state index >= 15 is 0 Å². The van der Waals surface area contributed by atoms with Crippen molar-refractivity contribution in [2.24, 2.45) is 0 Å². The maximum atomic E-state index is 13.4. The third-order valence-corrected chi connectivity index (χ3v) is 4.09. The van der Waals surface area contributed by atoms with Gasteiger partial charge in [0.15, 0.2) is 0 Å². The standard InChI is InChI=1S/C16H15F3N2O2/c1-9-20-12-4-2-3-5-14(12)21(9)13-7-6-10(15(22)23)8-11(13)16(17,18)19/h6-8H,2-5H2,1H3,(H,22,23). The summed E-state index contributed by atoms with van der Waals surface area (Å²) in [7, 11) is 0. The van der Waals surface area contributed by atoms with Crippen LogP contribution in [0.15, 0.2) is 18.2 Å². The van der Waals surface area contributed by atoms with E-state index in [9.17, 15) is 18.0 Å². The van der Waals surface area contributed by atoms with Crippen molar-refractivity contribution in [1.82, 2.24) is 9.55 Å². The van der Waals surface area contributed by atoms with Gasteiger partial charge in [0.2, 0.25) is 0 Å². The number of alkyl halides is 3. The molecule has 1 aliphatic rings. The van der Waals surface area contributed by atoms with Gasteiger partial charge in [-0.05, 0) is 50.8 Å². The zero-order chi connectivity index (χ0) is 16.8. The molecule has 1 aromatic heterocycles. The van der Waals surface area contributed by atoms with Gasteiger partial charge in [-0.2, -0.15) is 13.2 Å². The molecule has 0 fully saturated rings. The van der Waals surface area contributed by atoms with Crippen molar-refractivity contribution >= 4 is 5.97 Å². The van der Waals surface area contributed by atoms with Crippen LogP contribution in [0.25, 0.3) is 5.69 Å². The Morgan fingerprint density at radius 2 is 1.96 bits per heavy atom. The minimum Gasteiger partial charge on any atom is -0.478 e.